The predicted molar refractivity (Wildman–Crippen MR) is 112 cm³/mol. The van der Waals surface area contributed by atoms with E-state index < -0.39 is 27.5 Å². The van der Waals surface area contributed by atoms with Crippen LogP contribution < -0.4 is 10.9 Å². The van der Waals surface area contributed by atoms with Crippen LogP contribution in [0.5, 0.6) is 0 Å². The van der Waals surface area contributed by atoms with Crippen molar-refractivity contribution >= 4 is 27.6 Å². The van der Waals surface area contributed by atoms with Crippen molar-refractivity contribution in [1.29, 1.82) is 0 Å². The Balaban J connectivity index is 2.28. The highest BCUT2D eigenvalue weighted by Gasteiger charge is 2.22. The van der Waals surface area contributed by atoms with Gasteiger partial charge in [0.2, 0.25) is 15.9 Å². The number of sulfonamides is 1. The lowest BCUT2D eigenvalue weighted by atomic mass is 10.1. The van der Waals surface area contributed by atoms with Crippen molar-refractivity contribution in [2.75, 3.05) is 25.5 Å². The molecule has 0 unspecified atom stereocenters. The number of amides is 1. The third-order valence-corrected chi connectivity index (χ3v) is 6.58. The van der Waals surface area contributed by atoms with Crippen LogP contribution in [0.15, 0.2) is 46.2 Å². The van der Waals surface area contributed by atoms with Crippen molar-refractivity contribution in [2.45, 2.75) is 32.2 Å². The molecular formula is C20H25N3O6S. The van der Waals surface area contributed by atoms with Gasteiger partial charge in [0.05, 0.1) is 17.6 Å². The van der Waals surface area contributed by atoms with E-state index in [1.54, 1.807) is 32.9 Å². The molecular weight excluding hydrogens is 410 g/mol. The van der Waals surface area contributed by atoms with Gasteiger partial charge in [0, 0.05) is 31.0 Å². The molecule has 0 radical (unpaired) electrons. The lowest BCUT2D eigenvalue weighted by Gasteiger charge is -2.19. The fourth-order valence-corrected chi connectivity index (χ4v) is 4.32. The molecule has 1 N–H and O–H groups in total. The quantitative estimate of drug-likeness (QED) is 0.630. The molecule has 1 heterocycles. The first-order valence-electron chi connectivity index (χ1n) is 9.33. The lowest BCUT2D eigenvalue weighted by Crippen LogP contribution is -2.33. The Morgan fingerprint density at radius 2 is 1.80 bits per heavy atom. The van der Waals surface area contributed by atoms with Crippen molar-refractivity contribution < 1.29 is 22.7 Å². The minimum atomic E-state index is -3.77. The molecule has 1 aromatic heterocycles. The second-order valence-electron chi connectivity index (χ2n) is 6.49. The Kier molecular flexibility index (Phi) is 7.52. The van der Waals surface area contributed by atoms with Gasteiger partial charge >= 0.3 is 5.97 Å². The van der Waals surface area contributed by atoms with Crippen LogP contribution in [0.4, 0.5) is 5.69 Å². The van der Waals surface area contributed by atoms with Gasteiger partial charge in [-0.25, -0.2) is 13.2 Å². The summed E-state index contributed by atoms with van der Waals surface area (Å²) < 4.78 is 32.3. The molecule has 1 amide bonds. The Morgan fingerprint density at radius 1 is 1.13 bits per heavy atom. The molecule has 162 valence electrons. The average molecular weight is 436 g/mol. The molecule has 0 spiro atoms. The van der Waals surface area contributed by atoms with Crippen molar-refractivity contribution in [3.8, 4) is 0 Å². The standard InChI is InChI=1S/C20H25N3O6S/c1-5-23(6-2)30(27,28)16-9-10-19(25)22(12-16)13-18(24)21-17-11-15(20(26)29-4)8-7-14(17)3/h7-12H,5-6,13H2,1-4H3,(H,21,24). The molecule has 0 aliphatic carbocycles. The maximum atomic E-state index is 12.7. The molecule has 9 nitrogen and oxygen atoms in total. The van der Waals surface area contributed by atoms with Gasteiger partial charge in [-0.1, -0.05) is 19.9 Å². The number of benzene rings is 1. The van der Waals surface area contributed by atoms with E-state index in [4.69, 9.17) is 0 Å². The summed E-state index contributed by atoms with van der Waals surface area (Å²) in [7, 11) is -2.51. The number of aryl methyl sites for hydroxylation is 1. The van der Waals surface area contributed by atoms with Crippen LogP contribution in [-0.4, -0.2) is 49.4 Å². The van der Waals surface area contributed by atoms with Gasteiger partial charge in [-0.3, -0.25) is 9.59 Å². The van der Waals surface area contributed by atoms with Crippen molar-refractivity contribution in [3.63, 3.8) is 0 Å². The molecule has 0 aliphatic heterocycles. The third-order valence-electron chi connectivity index (χ3n) is 4.55. The average Bonchev–Trinajstić information content (AvgIpc) is 2.71. The Morgan fingerprint density at radius 3 is 2.40 bits per heavy atom. The number of ether oxygens (including phenoxy) is 1. The van der Waals surface area contributed by atoms with E-state index in [2.05, 4.69) is 10.1 Å². The van der Waals surface area contributed by atoms with Gasteiger partial charge in [0.15, 0.2) is 0 Å². The molecule has 1 aromatic carbocycles. The predicted octanol–water partition coefficient (Wildman–Crippen LogP) is 1.61. The van der Waals surface area contributed by atoms with Crippen molar-refractivity contribution in [2.24, 2.45) is 0 Å². The molecule has 30 heavy (non-hydrogen) atoms. The number of carbonyl (C=O) groups is 2. The molecule has 10 heteroatoms. The van der Waals surface area contributed by atoms with E-state index in [1.807, 2.05) is 0 Å². The van der Waals surface area contributed by atoms with E-state index in [0.29, 0.717) is 11.3 Å². The number of hydrogen-bond acceptors (Lipinski definition) is 6. The second-order valence-corrected chi connectivity index (χ2v) is 8.43. The van der Waals surface area contributed by atoms with Gasteiger partial charge in [-0.15, -0.1) is 0 Å². The lowest BCUT2D eigenvalue weighted by molar-refractivity contribution is -0.116. The highest BCUT2D eigenvalue weighted by atomic mass is 32.2. The molecule has 2 aromatic rings. The normalized spacial score (nSPS) is 11.4. The Labute approximate surface area is 175 Å². The van der Waals surface area contributed by atoms with Gasteiger partial charge in [0.1, 0.15) is 6.54 Å². The van der Waals surface area contributed by atoms with E-state index in [9.17, 15) is 22.8 Å². The summed E-state index contributed by atoms with van der Waals surface area (Å²) in [5.41, 5.74) is 0.857. The Bertz CT molecular complexity index is 1100. The molecule has 0 fully saturated rings. The van der Waals surface area contributed by atoms with Gasteiger partial charge in [-0.05, 0) is 30.7 Å². The number of hydrogen-bond donors (Lipinski definition) is 1. The van der Waals surface area contributed by atoms with Gasteiger partial charge in [0.25, 0.3) is 5.56 Å². The van der Waals surface area contributed by atoms with Crippen LogP contribution >= 0.6 is 0 Å². The van der Waals surface area contributed by atoms with Crippen LogP contribution in [0.3, 0.4) is 0 Å². The first-order chi connectivity index (χ1) is 14.1. The monoisotopic (exact) mass is 435 g/mol. The minimum absolute atomic E-state index is 0.0672. The molecule has 0 saturated heterocycles. The number of rotatable bonds is 8. The summed E-state index contributed by atoms with van der Waals surface area (Å²) in [6.07, 6.45) is 1.16. The van der Waals surface area contributed by atoms with Crippen LogP contribution in [0.2, 0.25) is 0 Å². The Hall–Kier alpha value is -2.98. The zero-order valence-electron chi connectivity index (χ0n) is 17.3. The van der Waals surface area contributed by atoms with E-state index in [1.165, 1.54) is 23.5 Å². The number of methoxy groups -OCH3 is 1. The van der Waals surface area contributed by atoms with E-state index in [0.717, 1.165) is 16.8 Å². The maximum Gasteiger partial charge on any atom is 0.337 e. The number of pyridine rings is 1. The summed E-state index contributed by atoms with van der Waals surface area (Å²) in [5, 5.41) is 2.64. The van der Waals surface area contributed by atoms with Crippen molar-refractivity contribution in [3.05, 3.63) is 58.0 Å². The summed E-state index contributed by atoms with van der Waals surface area (Å²) in [6, 6.07) is 7.05. The maximum absolute atomic E-state index is 12.7. The van der Waals surface area contributed by atoms with E-state index in [-0.39, 0.29) is 30.1 Å². The first-order valence-corrected chi connectivity index (χ1v) is 10.8. The van der Waals surface area contributed by atoms with Crippen LogP contribution in [0.25, 0.3) is 0 Å². The number of esters is 1. The highest BCUT2D eigenvalue weighted by molar-refractivity contribution is 7.89. The molecule has 2 rings (SSSR count). The van der Waals surface area contributed by atoms with Crippen LogP contribution in [0, 0.1) is 6.92 Å². The fraction of sp³-hybridized carbons (Fsp3) is 0.350. The van der Waals surface area contributed by atoms with E-state index >= 15 is 0 Å². The SMILES string of the molecule is CCN(CC)S(=O)(=O)c1ccc(=O)n(CC(=O)Nc2cc(C(=O)OC)ccc2C)c1. The smallest absolute Gasteiger partial charge is 0.337 e. The number of nitrogens with zero attached hydrogens (tertiary/aromatic N) is 2. The van der Waals surface area contributed by atoms with Crippen LogP contribution in [-0.2, 0) is 26.1 Å². The largest absolute Gasteiger partial charge is 0.465 e. The summed E-state index contributed by atoms with van der Waals surface area (Å²) in [5.74, 6) is -1.09. The zero-order valence-corrected chi connectivity index (χ0v) is 18.2. The highest BCUT2D eigenvalue weighted by Crippen LogP contribution is 2.18. The fourth-order valence-electron chi connectivity index (χ4n) is 2.84. The molecule has 0 saturated carbocycles. The topological polar surface area (TPSA) is 115 Å². The molecule has 0 bridgehead atoms. The molecule has 0 aliphatic rings. The van der Waals surface area contributed by atoms with Crippen molar-refractivity contribution in [1.82, 2.24) is 8.87 Å². The number of nitrogens with one attached hydrogen (secondary N) is 1. The number of aromatic nitrogens is 1. The number of carbonyl (C=O) groups excluding carboxylic acids is 2. The summed E-state index contributed by atoms with van der Waals surface area (Å²) in [4.78, 5) is 36.3. The second kappa shape index (κ2) is 9.68. The zero-order chi connectivity index (χ0) is 22.5. The van der Waals surface area contributed by atoms with Gasteiger partial charge < -0.3 is 14.6 Å². The summed E-state index contributed by atoms with van der Waals surface area (Å²) in [6.45, 7) is 5.37. The third kappa shape index (κ3) is 5.14. The first kappa shape index (κ1) is 23.3. The summed E-state index contributed by atoms with van der Waals surface area (Å²) >= 11 is 0. The molecule has 0 atom stereocenters. The number of anilines is 1. The van der Waals surface area contributed by atoms with Gasteiger partial charge in [-0.2, -0.15) is 4.31 Å². The minimum Gasteiger partial charge on any atom is -0.465 e. The van der Waals surface area contributed by atoms with Crippen LogP contribution in [0.1, 0.15) is 29.8 Å².